The number of hydrogen-bond acceptors (Lipinski definition) is 3. The lowest BCUT2D eigenvalue weighted by molar-refractivity contribution is 0.960. The zero-order valence-corrected chi connectivity index (χ0v) is 12.9. The van der Waals surface area contributed by atoms with E-state index < -0.39 is 0 Å². The Hall–Kier alpha value is -2.04. The minimum atomic E-state index is 0.357. The van der Waals surface area contributed by atoms with Crippen LogP contribution in [0.1, 0.15) is 5.56 Å². The number of nitrogens with zero attached hydrogens (tertiary/aromatic N) is 2. The number of aryl methyl sites for hydroxylation is 1. The quantitative estimate of drug-likeness (QED) is 0.689. The first-order valence-corrected chi connectivity index (χ1v) is 7.22. The lowest BCUT2D eigenvalue weighted by atomic mass is 10.0. The molecule has 3 nitrogen and oxygen atoms in total. The van der Waals surface area contributed by atoms with Gasteiger partial charge in [0.05, 0.1) is 0 Å². The van der Waals surface area contributed by atoms with Crippen molar-refractivity contribution < 1.29 is 0 Å². The Bertz CT molecular complexity index is 823. The predicted octanol–water partition coefficient (Wildman–Crippen LogP) is 4.83. The van der Waals surface area contributed by atoms with E-state index >= 15 is 0 Å². The molecule has 0 unspecified atom stereocenters. The Kier molecular flexibility index (Phi) is 3.82. The van der Waals surface area contributed by atoms with E-state index in [1.54, 1.807) is 0 Å². The molecule has 1 aromatic heterocycles. The molecule has 1 N–H and O–H groups in total. The van der Waals surface area contributed by atoms with Gasteiger partial charge in [-0.15, -0.1) is 0 Å². The summed E-state index contributed by atoms with van der Waals surface area (Å²) in [7, 11) is 0. The van der Waals surface area contributed by atoms with Crippen LogP contribution in [0, 0.1) is 11.7 Å². The molecular weight excluding hydrogens is 302 g/mol. The van der Waals surface area contributed by atoms with Gasteiger partial charge in [0, 0.05) is 16.1 Å². The monoisotopic (exact) mass is 313 g/mol. The zero-order chi connectivity index (χ0) is 14.8. The van der Waals surface area contributed by atoms with Crippen molar-refractivity contribution >= 4 is 23.8 Å². The van der Waals surface area contributed by atoms with Gasteiger partial charge < -0.3 is 0 Å². The van der Waals surface area contributed by atoms with E-state index in [-0.39, 0.29) is 0 Å². The average Bonchev–Trinajstić information content (AvgIpc) is 2.49. The molecule has 1 heterocycles. The van der Waals surface area contributed by atoms with Gasteiger partial charge in [-0.3, -0.25) is 5.10 Å². The molecule has 0 aliphatic rings. The smallest absolute Gasteiger partial charge is 0.214 e. The summed E-state index contributed by atoms with van der Waals surface area (Å²) >= 11 is 11.0. The molecule has 0 atom stereocenters. The summed E-state index contributed by atoms with van der Waals surface area (Å²) in [5.74, 6) is 0. The molecule has 0 amide bonds. The summed E-state index contributed by atoms with van der Waals surface area (Å²) in [6.07, 6.45) is 0. The van der Waals surface area contributed by atoms with Crippen LogP contribution in [-0.2, 0) is 0 Å². The number of rotatable bonds is 2. The third-order valence-electron chi connectivity index (χ3n) is 3.14. The van der Waals surface area contributed by atoms with Crippen molar-refractivity contribution in [1.82, 2.24) is 15.2 Å². The molecule has 3 rings (SSSR count). The predicted molar refractivity (Wildman–Crippen MR) is 87.8 cm³/mol. The maximum atomic E-state index is 5.94. The summed E-state index contributed by atoms with van der Waals surface area (Å²) < 4.78 is 0.357. The van der Waals surface area contributed by atoms with Crippen molar-refractivity contribution in [3.8, 4) is 22.5 Å². The Morgan fingerprint density at radius 2 is 1.48 bits per heavy atom. The topological polar surface area (TPSA) is 41.6 Å². The van der Waals surface area contributed by atoms with Crippen LogP contribution in [0.2, 0.25) is 5.02 Å². The summed E-state index contributed by atoms with van der Waals surface area (Å²) in [5.41, 5.74) is 4.64. The first-order chi connectivity index (χ1) is 10.1. The lowest BCUT2D eigenvalue weighted by Crippen LogP contribution is -1.97. The summed E-state index contributed by atoms with van der Waals surface area (Å²) in [6, 6.07) is 15.6. The molecule has 2 aromatic carbocycles. The van der Waals surface area contributed by atoms with Crippen LogP contribution in [-0.4, -0.2) is 15.2 Å². The molecule has 0 aliphatic carbocycles. The highest BCUT2D eigenvalue weighted by Crippen LogP contribution is 2.28. The van der Waals surface area contributed by atoms with E-state index in [1.165, 1.54) is 5.56 Å². The van der Waals surface area contributed by atoms with Gasteiger partial charge in [-0.1, -0.05) is 53.6 Å². The third-order valence-corrected chi connectivity index (χ3v) is 3.58. The van der Waals surface area contributed by atoms with Crippen molar-refractivity contribution in [3.05, 3.63) is 63.9 Å². The normalized spacial score (nSPS) is 10.6. The van der Waals surface area contributed by atoms with Crippen molar-refractivity contribution in [2.45, 2.75) is 6.92 Å². The van der Waals surface area contributed by atoms with Gasteiger partial charge >= 0.3 is 0 Å². The van der Waals surface area contributed by atoms with Gasteiger partial charge in [0.25, 0.3) is 0 Å². The first-order valence-electron chi connectivity index (χ1n) is 6.43. The van der Waals surface area contributed by atoms with Crippen molar-refractivity contribution in [2.75, 3.05) is 0 Å². The zero-order valence-electron chi connectivity index (χ0n) is 11.3. The van der Waals surface area contributed by atoms with E-state index in [1.807, 2.05) is 55.5 Å². The average molecular weight is 314 g/mol. The van der Waals surface area contributed by atoms with Gasteiger partial charge in [0.15, 0.2) is 0 Å². The molecule has 0 fully saturated rings. The van der Waals surface area contributed by atoms with Gasteiger partial charge in [0.1, 0.15) is 11.4 Å². The molecule has 0 bridgehead atoms. The van der Waals surface area contributed by atoms with Gasteiger partial charge in [-0.05, 0) is 31.3 Å². The van der Waals surface area contributed by atoms with Crippen LogP contribution in [0.4, 0.5) is 0 Å². The van der Waals surface area contributed by atoms with Crippen LogP contribution in [0.15, 0.2) is 48.5 Å². The first kappa shape index (κ1) is 13.9. The van der Waals surface area contributed by atoms with E-state index in [2.05, 4.69) is 15.2 Å². The number of aromatic nitrogens is 3. The highest BCUT2D eigenvalue weighted by Gasteiger charge is 2.11. The number of hydrogen-bond donors (Lipinski definition) is 1. The number of H-pyrrole nitrogens is 1. The standard InChI is InChI=1S/C16H12ClN3S/c1-10-2-4-12(5-3-10)15-14(18-16(21)20-19-15)11-6-8-13(17)9-7-11/h2-9H,1H3,(H,18,20,21). The van der Waals surface area contributed by atoms with E-state index in [9.17, 15) is 0 Å². The maximum Gasteiger partial charge on any atom is 0.214 e. The minimum absolute atomic E-state index is 0.357. The molecule has 0 aliphatic heterocycles. The molecule has 0 saturated carbocycles. The Morgan fingerprint density at radius 1 is 0.905 bits per heavy atom. The molecule has 3 aromatic rings. The van der Waals surface area contributed by atoms with Crippen LogP contribution in [0.25, 0.3) is 22.5 Å². The largest absolute Gasteiger partial charge is 0.251 e. The van der Waals surface area contributed by atoms with Crippen molar-refractivity contribution in [1.29, 1.82) is 0 Å². The van der Waals surface area contributed by atoms with Gasteiger partial charge in [-0.25, -0.2) is 4.98 Å². The molecule has 0 radical (unpaired) electrons. The second kappa shape index (κ2) is 5.76. The maximum absolute atomic E-state index is 5.94. The van der Waals surface area contributed by atoms with Crippen LogP contribution in [0.5, 0.6) is 0 Å². The fraction of sp³-hybridized carbons (Fsp3) is 0.0625. The highest BCUT2D eigenvalue weighted by molar-refractivity contribution is 7.71. The third kappa shape index (κ3) is 3.01. The van der Waals surface area contributed by atoms with Crippen molar-refractivity contribution in [3.63, 3.8) is 0 Å². The fourth-order valence-electron chi connectivity index (χ4n) is 2.06. The molecule has 104 valence electrons. The minimum Gasteiger partial charge on any atom is -0.251 e. The van der Waals surface area contributed by atoms with Gasteiger partial charge in [-0.2, -0.15) is 5.10 Å². The number of aromatic amines is 1. The van der Waals surface area contributed by atoms with Crippen LogP contribution >= 0.6 is 23.8 Å². The van der Waals surface area contributed by atoms with Crippen LogP contribution < -0.4 is 0 Å². The second-order valence-electron chi connectivity index (χ2n) is 4.71. The van der Waals surface area contributed by atoms with Crippen LogP contribution in [0.3, 0.4) is 0 Å². The summed E-state index contributed by atoms with van der Waals surface area (Å²) in [4.78, 5) is 4.43. The van der Waals surface area contributed by atoms with E-state index in [4.69, 9.17) is 23.8 Å². The van der Waals surface area contributed by atoms with Crippen molar-refractivity contribution in [2.24, 2.45) is 0 Å². The number of benzene rings is 2. The summed E-state index contributed by atoms with van der Waals surface area (Å²) in [6.45, 7) is 2.05. The van der Waals surface area contributed by atoms with Gasteiger partial charge in [0.2, 0.25) is 4.77 Å². The number of halogens is 1. The highest BCUT2D eigenvalue weighted by atomic mass is 35.5. The molecular formula is C16H12ClN3S. The summed E-state index contributed by atoms with van der Waals surface area (Å²) in [5, 5.41) is 7.80. The Morgan fingerprint density at radius 3 is 2.14 bits per heavy atom. The second-order valence-corrected chi connectivity index (χ2v) is 5.53. The molecule has 21 heavy (non-hydrogen) atoms. The lowest BCUT2D eigenvalue weighted by Gasteiger charge is -2.08. The SMILES string of the molecule is Cc1ccc(-c2n[nH]c(=S)nc2-c2ccc(Cl)cc2)cc1. The fourth-order valence-corrected chi connectivity index (χ4v) is 2.32. The van der Waals surface area contributed by atoms with E-state index in [0.29, 0.717) is 9.79 Å². The Balaban J connectivity index is 2.19. The molecule has 5 heteroatoms. The Labute approximate surface area is 132 Å². The molecule has 0 saturated heterocycles. The van der Waals surface area contributed by atoms with E-state index in [0.717, 1.165) is 22.5 Å². The molecule has 0 spiro atoms. The number of nitrogens with one attached hydrogen (secondary N) is 1.